The van der Waals surface area contributed by atoms with Crippen LogP contribution in [0.2, 0.25) is 0 Å². The average molecular weight is 272 g/mol. The molecule has 0 spiro atoms. The highest BCUT2D eigenvalue weighted by Gasteiger charge is 2.45. The molecular weight excluding hydrogens is 248 g/mol. The number of aliphatic hydroxyl groups excluding tert-OH is 1. The number of benzene rings is 1. The highest BCUT2D eigenvalue weighted by Crippen LogP contribution is 2.43. The van der Waals surface area contributed by atoms with Crippen molar-refractivity contribution in [3.8, 4) is 6.07 Å². The van der Waals surface area contributed by atoms with Gasteiger partial charge < -0.3 is 10.4 Å². The predicted octanol–water partition coefficient (Wildman–Crippen LogP) is 2.75. The summed E-state index contributed by atoms with van der Waals surface area (Å²) in [6, 6.07) is 13.1. The summed E-state index contributed by atoms with van der Waals surface area (Å²) >= 11 is 0. The molecule has 1 aromatic carbocycles. The van der Waals surface area contributed by atoms with Gasteiger partial charge in [0.15, 0.2) is 0 Å². The van der Waals surface area contributed by atoms with Gasteiger partial charge in [0.1, 0.15) is 0 Å². The van der Waals surface area contributed by atoms with E-state index >= 15 is 0 Å². The fourth-order valence-electron chi connectivity index (χ4n) is 2.97. The predicted molar refractivity (Wildman–Crippen MR) is 80.3 cm³/mol. The van der Waals surface area contributed by atoms with Gasteiger partial charge in [-0.25, -0.2) is 0 Å². The lowest BCUT2D eigenvalue weighted by molar-refractivity contribution is 0.226. The van der Waals surface area contributed by atoms with Gasteiger partial charge in [0.25, 0.3) is 0 Å². The van der Waals surface area contributed by atoms with Crippen molar-refractivity contribution in [2.24, 2.45) is 0 Å². The molecule has 2 rings (SSSR count). The average Bonchev–Trinajstić information content (AvgIpc) is 2.46. The van der Waals surface area contributed by atoms with Crippen molar-refractivity contribution in [2.45, 2.75) is 50.0 Å². The van der Waals surface area contributed by atoms with Gasteiger partial charge in [-0.3, -0.25) is 0 Å². The molecule has 1 fully saturated rings. The highest BCUT2D eigenvalue weighted by atomic mass is 16.2. The van der Waals surface area contributed by atoms with Crippen LogP contribution in [-0.2, 0) is 5.41 Å². The zero-order valence-corrected chi connectivity index (χ0v) is 12.0. The maximum atomic E-state index is 9.47. The van der Waals surface area contributed by atoms with E-state index < -0.39 is 0 Å². The number of hydrogen-bond donors (Lipinski definition) is 2. The Morgan fingerprint density at radius 3 is 2.50 bits per heavy atom. The largest absolute Gasteiger partial charge is 0.396 e. The van der Waals surface area contributed by atoms with E-state index in [2.05, 4.69) is 23.5 Å². The Bertz CT molecular complexity index is 432. The van der Waals surface area contributed by atoms with Crippen molar-refractivity contribution in [2.75, 3.05) is 13.2 Å². The van der Waals surface area contributed by atoms with Crippen molar-refractivity contribution in [1.82, 2.24) is 5.32 Å². The Morgan fingerprint density at radius 1 is 1.15 bits per heavy atom. The normalized spacial score (nSPS) is 24.9. The first kappa shape index (κ1) is 15.0. The number of rotatable bonds is 8. The minimum atomic E-state index is -0.268. The van der Waals surface area contributed by atoms with Crippen molar-refractivity contribution in [1.29, 1.82) is 5.26 Å². The second kappa shape index (κ2) is 7.42. The summed E-state index contributed by atoms with van der Waals surface area (Å²) in [6.07, 6.45) is 6.18. The van der Waals surface area contributed by atoms with E-state index in [1.54, 1.807) is 0 Å². The molecule has 1 aliphatic rings. The monoisotopic (exact) mass is 272 g/mol. The fourth-order valence-corrected chi connectivity index (χ4v) is 2.97. The summed E-state index contributed by atoms with van der Waals surface area (Å²) in [5.41, 5.74) is 0.888. The number of unbranched alkanes of at least 4 members (excludes halogenated alkanes) is 3. The smallest absolute Gasteiger partial charge is 0.0852 e. The number of hydrogen-bond acceptors (Lipinski definition) is 3. The van der Waals surface area contributed by atoms with Gasteiger partial charge >= 0.3 is 0 Å². The first-order chi connectivity index (χ1) is 9.80. The molecule has 0 aliphatic heterocycles. The Kier molecular flexibility index (Phi) is 5.58. The minimum Gasteiger partial charge on any atom is -0.396 e. The van der Waals surface area contributed by atoms with Crippen LogP contribution in [0.1, 0.15) is 44.1 Å². The van der Waals surface area contributed by atoms with Gasteiger partial charge in [0.05, 0.1) is 11.5 Å². The minimum absolute atomic E-state index is 0.268. The van der Waals surface area contributed by atoms with Crippen LogP contribution in [0.4, 0.5) is 0 Å². The standard InChI is InChI=1S/C17H24N2O/c18-14-17(15-8-4-3-5-9-15)12-16(13-17)19-10-6-1-2-7-11-20/h3-5,8-9,16,19-20H,1-2,6-7,10-13H2. The lowest BCUT2D eigenvalue weighted by Crippen LogP contribution is -2.51. The molecule has 0 aromatic heterocycles. The fraction of sp³-hybridized carbons (Fsp3) is 0.588. The third-order valence-electron chi connectivity index (χ3n) is 4.25. The van der Waals surface area contributed by atoms with Crippen molar-refractivity contribution < 1.29 is 5.11 Å². The molecule has 1 saturated carbocycles. The van der Waals surface area contributed by atoms with Gasteiger partial charge in [0, 0.05) is 12.6 Å². The van der Waals surface area contributed by atoms with E-state index in [9.17, 15) is 5.26 Å². The molecule has 0 heterocycles. The summed E-state index contributed by atoms with van der Waals surface area (Å²) in [5, 5.41) is 21.7. The number of nitrogens with one attached hydrogen (secondary N) is 1. The van der Waals surface area contributed by atoms with Crippen LogP contribution in [0, 0.1) is 11.3 Å². The van der Waals surface area contributed by atoms with E-state index in [4.69, 9.17) is 5.11 Å². The molecule has 1 aliphatic carbocycles. The SMILES string of the molecule is N#CC1(c2ccccc2)CC(NCCCCCCO)C1. The van der Waals surface area contributed by atoms with E-state index in [1.165, 1.54) is 6.42 Å². The van der Waals surface area contributed by atoms with Crippen LogP contribution >= 0.6 is 0 Å². The number of aliphatic hydroxyl groups is 1. The third-order valence-corrected chi connectivity index (χ3v) is 4.25. The molecule has 0 radical (unpaired) electrons. The number of nitrogens with zero attached hydrogens (tertiary/aromatic N) is 1. The lowest BCUT2D eigenvalue weighted by atomic mass is 9.62. The Labute approximate surface area is 121 Å². The zero-order chi connectivity index (χ0) is 14.3. The molecule has 0 saturated heterocycles. The topological polar surface area (TPSA) is 56.0 Å². The van der Waals surface area contributed by atoms with Crippen molar-refractivity contribution in [3.63, 3.8) is 0 Å². The van der Waals surface area contributed by atoms with Gasteiger partial charge in [-0.1, -0.05) is 43.2 Å². The molecule has 3 heteroatoms. The highest BCUT2D eigenvalue weighted by molar-refractivity contribution is 5.36. The van der Waals surface area contributed by atoms with Crippen molar-refractivity contribution >= 4 is 0 Å². The first-order valence-electron chi connectivity index (χ1n) is 7.62. The quantitative estimate of drug-likeness (QED) is 0.715. The Balaban J connectivity index is 1.69. The molecule has 0 unspecified atom stereocenters. The molecule has 20 heavy (non-hydrogen) atoms. The summed E-state index contributed by atoms with van der Waals surface area (Å²) < 4.78 is 0. The molecule has 3 nitrogen and oxygen atoms in total. The molecule has 1 aromatic rings. The van der Waals surface area contributed by atoms with Gasteiger partial charge in [0.2, 0.25) is 0 Å². The van der Waals surface area contributed by atoms with Gasteiger partial charge in [-0.2, -0.15) is 5.26 Å². The third kappa shape index (κ3) is 3.59. The first-order valence-corrected chi connectivity index (χ1v) is 7.62. The van der Waals surface area contributed by atoms with Crippen LogP contribution in [0.3, 0.4) is 0 Å². The molecule has 108 valence electrons. The second-order valence-electron chi connectivity index (χ2n) is 5.76. The summed E-state index contributed by atoms with van der Waals surface area (Å²) in [4.78, 5) is 0. The van der Waals surface area contributed by atoms with E-state index in [1.807, 2.05) is 18.2 Å². The maximum Gasteiger partial charge on any atom is 0.0852 e. The summed E-state index contributed by atoms with van der Waals surface area (Å²) in [6.45, 7) is 1.32. The van der Waals surface area contributed by atoms with Crippen molar-refractivity contribution in [3.05, 3.63) is 35.9 Å². The summed E-state index contributed by atoms with van der Waals surface area (Å²) in [7, 11) is 0. The van der Waals surface area contributed by atoms with Crippen LogP contribution < -0.4 is 5.32 Å². The zero-order valence-electron chi connectivity index (χ0n) is 12.0. The van der Waals surface area contributed by atoms with Gasteiger partial charge in [-0.05, 0) is 37.8 Å². The Hall–Kier alpha value is -1.37. The van der Waals surface area contributed by atoms with Gasteiger partial charge in [-0.15, -0.1) is 0 Å². The van der Waals surface area contributed by atoms with Crippen LogP contribution in [0.25, 0.3) is 0 Å². The molecule has 0 atom stereocenters. The molecular formula is C17H24N2O. The molecule has 0 bridgehead atoms. The van der Waals surface area contributed by atoms with Crippen LogP contribution in [0.15, 0.2) is 30.3 Å². The van der Waals surface area contributed by atoms with Crippen LogP contribution in [0.5, 0.6) is 0 Å². The number of nitriles is 1. The lowest BCUT2D eigenvalue weighted by Gasteiger charge is -2.43. The van der Waals surface area contributed by atoms with E-state index in [0.717, 1.165) is 44.2 Å². The Morgan fingerprint density at radius 2 is 1.85 bits per heavy atom. The van der Waals surface area contributed by atoms with E-state index in [-0.39, 0.29) is 5.41 Å². The van der Waals surface area contributed by atoms with Crippen LogP contribution in [-0.4, -0.2) is 24.3 Å². The molecule has 2 N–H and O–H groups in total. The molecule has 0 amide bonds. The van der Waals surface area contributed by atoms with E-state index in [0.29, 0.717) is 12.6 Å². The maximum absolute atomic E-state index is 9.47. The second-order valence-corrected chi connectivity index (χ2v) is 5.76. The summed E-state index contributed by atoms with van der Waals surface area (Å²) in [5.74, 6) is 0.